The zero-order chi connectivity index (χ0) is 16.0. The van der Waals surface area contributed by atoms with Gasteiger partial charge in [0.1, 0.15) is 11.3 Å². The van der Waals surface area contributed by atoms with Crippen LogP contribution in [0.3, 0.4) is 0 Å². The Hall–Kier alpha value is -2.36. The summed E-state index contributed by atoms with van der Waals surface area (Å²) in [5.41, 5.74) is 4.25. The maximum Gasteiger partial charge on any atom is 0.422 e. The lowest BCUT2D eigenvalue weighted by Gasteiger charge is -2.10. The zero-order valence-corrected chi connectivity index (χ0v) is 10.6. The second-order valence-corrected chi connectivity index (χ2v) is 3.88. The van der Waals surface area contributed by atoms with Crippen molar-refractivity contribution in [1.82, 2.24) is 5.32 Å². The van der Waals surface area contributed by atoms with E-state index in [4.69, 9.17) is 5.73 Å². The van der Waals surface area contributed by atoms with Crippen molar-refractivity contribution in [2.24, 2.45) is 5.73 Å². The van der Waals surface area contributed by atoms with Gasteiger partial charge in [0.25, 0.3) is 11.6 Å². The number of halogens is 3. The minimum atomic E-state index is -4.55. The number of alkyl halides is 3. The summed E-state index contributed by atoms with van der Waals surface area (Å²) in [4.78, 5) is 21.7. The lowest BCUT2D eigenvalue weighted by atomic mass is 10.1. The van der Waals surface area contributed by atoms with E-state index < -0.39 is 34.9 Å². The van der Waals surface area contributed by atoms with Gasteiger partial charge in [0.15, 0.2) is 6.61 Å². The number of nitrogens with two attached hydrogens (primary N) is 1. The molecule has 0 saturated carbocycles. The summed E-state index contributed by atoms with van der Waals surface area (Å²) in [5.74, 6) is -1.11. The normalized spacial score (nSPS) is 11.0. The van der Waals surface area contributed by atoms with Crippen molar-refractivity contribution in [2.45, 2.75) is 6.18 Å². The molecule has 0 fully saturated rings. The molecule has 0 aliphatic heterocycles. The minimum absolute atomic E-state index is 0.0730. The fourth-order valence-electron chi connectivity index (χ4n) is 1.39. The largest absolute Gasteiger partial charge is 0.484 e. The molecule has 21 heavy (non-hydrogen) atoms. The minimum Gasteiger partial charge on any atom is -0.484 e. The smallest absolute Gasteiger partial charge is 0.422 e. The monoisotopic (exact) mass is 307 g/mol. The molecule has 3 N–H and O–H groups in total. The second-order valence-electron chi connectivity index (χ2n) is 3.88. The van der Waals surface area contributed by atoms with Crippen LogP contribution < -0.4 is 15.8 Å². The second kappa shape index (κ2) is 6.88. The number of nitro groups is 1. The van der Waals surface area contributed by atoms with Crippen LogP contribution in [0.2, 0.25) is 0 Å². The van der Waals surface area contributed by atoms with Crippen LogP contribution in [0.25, 0.3) is 0 Å². The molecular weight excluding hydrogens is 295 g/mol. The highest BCUT2D eigenvalue weighted by Crippen LogP contribution is 2.25. The maximum absolute atomic E-state index is 12.0. The summed E-state index contributed by atoms with van der Waals surface area (Å²) in [5, 5.41) is 13.1. The molecule has 7 nitrogen and oxygen atoms in total. The van der Waals surface area contributed by atoms with E-state index in [1.807, 2.05) is 0 Å². The van der Waals surface area contributed by atoms with E-state index in [2.05, 4.69) is 10.1 Å². The topological polar surface area (TPSA) is 107 Å². The van der Waals surface area contributed by atoms with Crippen LogP contribution >= 0.6 is 0 Å². The van der Waals surface area contributed by atoms with Crippen molar-refractivity contribution in [2.75, 3.05) is 19.7 Å². The summed E-state index contributed by atoms with van der Waals surface area (Å²) in [6.45, 7) is -1.37. The molecule has 0 saturated heterocycles. The number of rotatable bonds is 6. The van der Waals surface area contributed by atoms with Gasteiger partial charge in [-0.2, -0.15) is 13.2 Å². The quantitative estimate of drug-likeness (QED) is 0.607. The van der Waals surface area contributed by atoms with Crippen LogP contribution in [0.5, 0.6) is 5.75 Å². The number of carbonyl (C=O) groups is 1. The lowest BCUT2D eigenvalue weighted by molar-refractivity contribution is -0.385. The summed E-state index contributed by atoms with van der Waals surface area (Å²) < 4.78 is 40.6. The van der Waals surface area contributed by atoms with Crippen molar-refractivity contribution in [3.63, 3.8) is 0 Å². The SMILES string of the molecule is NCCNC(=O)c1cc(OCC(F)(F)F)ccc1[N+](=O)[O-]. The van der Waals surface area contributed by atoms with Gasteiger partial charge in [-0.15, -0.1) is 0 Å². The van der Waals surface area contributed by atoms with Crippen LogP contribution in [-0.2, 0) is 0 Å². The average molecular weight is 307 g/mol. The van der Waals surface area contributed by atoms with E-state index in [1.54, 1.807) is 0 Å². The Morgan fingerprint density at radius 2 is 2.10 bits per heavy atom. The van der Waals surface area contributed by atoms with Crippen molar-refractivity contribution in [3.8, 4) is 5.75 Å². The Balaban J connectivity index is 3.00. The highest BCUT2D eigenvalue weighted by atomic mass is 19.4. The van der Waals surface area contributed by atoms with Crippen LogP contribution in [0.15, 0.2) is 18.2 Å². The molecule has 1 aromatic rings. The Labute approximate surface area is 117 Å². The Morgan fingerprint density at radius 1 is 1.43 bits per heavy atom. The molecule has 10 heteroatoms. The van der Waals surface area contributed by atoms with Gasteiger partial charge in [-0.1, -0.05) is 0 Å². The summed E-state index contributed by atoms with van der Waals surface area (Å²) in [7, 11) is 0. The predicted octanol–water partition coefficient (Wildman–Crippen LogP) is 1.22. The van der Waals surface area contributed by atoms with Crippen molar-refractivity contribution >= 4 is 11.6 Å². The first-order valence-corrected chi connectivity index (χ1v) is 5.71. The van der Waals surface area contributed by atoms with Gasteiger partial charge < -0.3 is 15.8 Å². The molecule has 0 atom stereocenters. The van der Waals surface area contributed by atoms with E-state index in [0.29, 0.717) is 0 Å². The van der Waals surface area contributed by atoms with Crippen LogP contribution in [-0.4, -0.2) is 36.7 Å². The third-order valence-electron chi connectivity index (χ3n) is 2.24. The molecule has 0 radical (unpaired) electrons. The molecule has 1 rings (SSSR count). The van der Waals surface area contributed by atoms with Crippen molar-refractivity contribution in [3.05, 3.63) is 33.9 Å². The summed E-state index contributed by atoms with van der Waals surface area (Å²) >= 11 is 0. The van der Waals surface area contributed by atoms with E-state index in [0.717, 1.165) is 18.2 Å². The van der Waals surface area contributed by atoms with Gasteiger partial charge in [0, 0.05) is 19.2 Å². The molecule has 0 aromatic heterocycles. The number of nitrogens with one attached hydrogen (secondary N) is 1. The number of hydrogen-bond acceptors (Lipinski definition) is 5. The number of nitro benzene ring substituents is 1. The first kappa shape index (κ1) is 16.7. The zero-order valence-electron chi connectivity index (χ0n) is 10.6. The summed E-state index contributed by atoms with van der Waals surface area (Å²) in [6, 6.07) is 2.78. The predicted molar refractivity (Wildman–Crippen MR) is 66.0 cm³/mol. The number of ether oxygens (including phenoxy) is 1. The standard InChI is InChI=1S/C11H12F3N3O4/c12-11(13,14)6-21-7-1-2-9(17(19)20)8(5-7)10(18)16-4-3-15/h1-2,5H,3-4,6,15H2,(H,16,18). The van der Waals surface area contributed by atoms with Crippen LogP contribution in [0.4, 0.5) is 18.9 Å². The fraction of sp³-hybridized carbons (Fsp3) is 0.364. The lowest BCUT2D eigenvalue weighted by Crippen LogP contribution is -2.29. The average Bonchev–Trinajstić information content (AvgIpc) is 2.41. The molecular formula is C11H12F3N3O4. The number of nitrogens with zero attached hydrogens (tertiary/aromatic N) is 1. The van der Waals surface area contributed by atoms with Gasteiger partial charge in [-0.05, 0) is 12.1 Å². The van der Waals surface area contributed by atoms with Gasteiger partial charge >= 0.3 is 6.18 Å². The molecule has 0 unspecified atom stereocenters. The van der Waals surface area contributed by atoms with Gasteiger partial charge in [-0.3, -0.25) is 14.9 Å². The Kier molecular flexibility index (Phi) is 5.47. The highest BCUT2D eigenvalue weighted by Gasteiger charge is 2.29. The molecule has 1 aromatic carbocycles. The summed E-state index contributed by atoms with van der Waals surface area (Å²) in [6.07, 6.45) is -4.55. The molecule has 116 valence electrons. The molecule has 0 aliphatic rings. The fourth-order valence-corrected chi connectivity index (χ4v) is 1.39. The molecule has 1 amide bonds. The number of hydrogen-bond donors (Lipinski definition) is 2. The molecule has 0 bridgehead atoms. The van der Waals surface area contributed by atoms with Crippen molar-refractivity contribution < 1.29 is 27.6 Å². The number of benzene rings is 1. The highest BCUT2D eigenvalue weighted by molar-refractivity contribution is 5.98. The van der Waals surface area contributed by atoms with Crippen molar-refractivity contribution in [1.29, 1.82) is 0 Å². The van der Waals surface area contributed by atoms with Crippen LogP contribution in [0.1, 0.15) is 10.4 Å². The number of carbonyl (C=O) groups excluding carboxylic acids is 1. The van der Waals surface area contributed by atoms with Gasteiger partial charge in [0.05, 0.1) is 4.92 Å². The first-order chi connectivity index (χ1) is 9.74. The van der Waals surface area contributed by atoms with E-state index in [9.17, 15) is 28.1 Å². The maximum atomic E-state index is 12.0. The molecule has 0 aliphatic carbocycles. The third-order valence-corrected chi connectivity index (χ3v) is 2.24. The van der Waals surface area contributed by atoms with Gasteiger partial charge in [0.2, 0.25) is 0 Å². The van der Waals surface area contributed by atoms with E-state index >= 15 is 0 Å². The molecule has 0 heterocycles. The molecule has 0 spiro atoms. The first-order valence-electron chi connectivity index (χ1n) is 5.71. The third kappa shape index (κ3) is 5.26. The Morgan fingerprint density at radius 3 is 2.62 bits per heavy atom. The van der Waals surface area contributed by atoms with Gasteiger partial charge in [-0.25, -0.2) is 0 Å². The van der Waals surface area contributed by atoms with Crippen LogP contribution in [0, 0.1) is 10.1 Å². The van der Waals surface area contributed by atoms with E-state index in [-0.39, 0.29) is 18.8 Å². The van der Waals surface area contributed by atoms with E-state index in [1.165, 1.54) is 0 Å². The Bertz CT molecular complexity index is 534. The number of amides is 1.